The molecule has 0 aliphatic rings. The Labute approximate surface area is 154 Å². The lowest BCUT2D eigenvalue weighted by atomic mass is 10.1. The van der Waals surface area contributed by atoms with Crippen LogP contribution in [0.3, 0.4) is 0 Å². The Morgan fingerprint density at radius 2 is 1.73 bits per heavy atom. The topological polar surface area (TPSA) is 58.6 Å². The minimum Gasteiger partial charge on any atom is -0.497 e. The molecule has 2 rings (SSSR count). The second-order valence-electron chi connectivity index (χ2n) is 5.73. The van der Waals surface area contributed by atoms with Crippen molar-refractivity contribution in [1.82, 2.24) is 10.2 Å². The lowest BCUT2D eigenvalue weighted by molar-refractivity contribution is -0.126. The largest absolute Gasteiger partial charge is 0.497 e. The smallest absolute Gasteiger partial charge is 0.251 e. The van der Waals surface area contributed by atoms with Crippen molar-refractivity contribution in [1.29, 1.82) is 0 Å². The highest BCUT2D eigenvalue weighted by Gasteiger charge is 2.09. The Hall–Kier alpha value is -3.08. The monoisotopic (exact) mass is 352 g/mol. The van der Waals surface area contributed by atoms with Crippen molar-refractivity contribution in [3.63, 3.8) is 0 Å². The number of benzene rings is 2. The molecule has 5 heteroatoms. The maximum atomic E-state index is 12.4. The van der Waals surface area contributed by atoms with Gasteiger partial charge in [-0.1, -0.05) is 24.3 Å². The number of likely N-dealkylation sites (N-methyl/N-ethyl adjacent to an activating group) is 1. The van der Waals surface area contributed by atoms with E-state index >= 15 is 0 Å². The molecule has 0 fully saturated rings. The van der Waals surface area contributed by atoms with Crippen molar-refractivity contribution < 1.29 is 14.3 Å². The van der Waals surface area contributed by atoms with Crippen LogP contribution in [0.15, 0.2) is 54.6 Å². The number of rotatable bonds is 7. The number of nitrogens with zero attached hydrogens (tertiary/aromatic N) is 1. The molecule has 2 aromatic carbocycles. The molecule has 1 N–H and O–H groups in total. The Morgan fingerprint density at radius 1 is 1.08 bits per heavy atom. The predicted molar refractivity (Wildman–Crippen MR) is 103 cm³/mol. The third-order valence-corrected chi connectivity index (χ3v) is 4.04. The van der Waals surface area contributed by atoms with E-state index in [1.54, 1.807) is 43.3 Å². The summed E-state index contributed by atoms with van der Waals surface area (Å²) in [5.41, 5.74) is 2.50. The molecule has 0 aliphatic carbocycles. The summed E-state index contributed by atoms with van der Waals surface area (Å²) in [7, 11) is 3.22. The lowest BCUT2D eigenvalue weighted by Crippen LogP contribution is -2.28. The molecule has 5 nitrogen and oxygen atoms in total. The molecule has 0 aromatic heterocycles. The zero-order chi connectivity index (χ0) is 18.9. The van der Waals surface area contributed by atoms with Crippen LogP contribution >= 0.6 is 0 Å². The van der Waals surface area contributed by atoms with E-state index in [4.69, 9.17) is 4.74 Å². The molecule has 0 heterocycles. The molecule has 136 valence electrons. The average Bonchev–Trinajstić information content (AvgIpc) is 2.70. The first-order chi connectivity index (χ1) is 12.6. The van der Waals surface area contributed by atoms with Crippen molar-refractivity contribution in [3.8, 4) is 5.75 Å². The Balaban J connectivity index is 2.00. The third kappa shape index (κ3) is 5.21. The molecule has 0 unspecified atom stereocenters. The molecule has 0 spiro atoms. The maximum Gasteiger partial charge on any atom is 0.251 e. The summed E-state index contributed by atoms with van der Waals surface area (Å²) in [6.07, 6.45) is 3.31. The SMILES string of the molecule is CCN(Cc1ccc(OC)cc1)C(=O)/C=C/c1ccc(C(=O)NC)cc1. The van der Waals surface area contributed by atoms with Gasteiger partial charge in [-0.3, -0.25) is 9.59 Å². The predicted octanol–water partition coefficient (Wildman–Crippen LogP) is 3.12. The molecule has 0 atom stereocenters. The first-order valence-electron chi connectivity index (χ1n) is 8.49. The normalized spacial score (nSPS) is 10.6. The van der Waals surface area contributed by atoms with Gasteiger partial charge in [-0.2, -0.15) is 0 Å². The number of ether oxygens (including phenoxy) is 1. The Bertz CT molecular complexity index is 765. The van der Waals surface area contributed by atoms with Crippen LogP contribution in [0.2, 0.25) is 0 Å². The highest BCUT2D eigenvalue weighted by atomic mass is 16.5. The van der Waals surface area contributed by atoms with Crippen molar-refractivity contribution >= 4 is 17.9 Å². The van der Waals surface area contributed by atoms with Gasteiger partial charge in [0, 0.05) is 31.8 Å². The minimum atomic E-state index is -0.131. The second-order valence-corrected chi connectivity index (χ2v) is 5.73. The molecule has 2 aromatic rings. The van der Waals surface area contributed by atoms with Gasteiger partial charge in [0.25, 0.3) is 5.91 Å². The van der Waals surface area contributed by atoms with E-state index < -0.39 is 0 Å². The first kappa shape index (κ1) is 19.2. The van der Waals surface area contributed by atoms with Gasteiger partial charge in [-0.15, -0.1) is 0 Å². The van der Waals surface area contributed by atoms with Crippen LogP contribution in [-0.4, -0.2) is 37.4 Å². The van der Waals surface area contributed by atoms with Crippen LogP contribution in [0.5, 0.6) is 5.75 Å². The molecule has 0 saturated carbocycles. The van der Waals surface area contributed by atoms with Crippen LogP contribution in [-0.2, 0) is 11.3 Å². The van der Waals surface area contributed by atoms with Crippen molar-refractivity contribution in [2.45, 2.75) is 13.5 Å². The average molecular weight is 352 g/mol. The van der Waals surface area contributed by atoms with Crippen LogP contribution in [0, 0.1) is 0 Å². The van der Waals surface area contributed by atoms with E-state index in [1.165, 1.54) is 0 Å². The standard InChI is InChI=1S/C21H24N2O3/c1-4-23(15-17-7-12-19(26-3)13-8-17)20(24)14-9-16-5-10-18(11-6-16)21(25)22-2/h5-14H,4,15H2,1-3H3,(H,22,25)/b14-9+. The van der Waals surface area contributed by atoms with Gasteiger partial charge in [0.15, 0.2) is 0 Å². The molecular weight excluding hydrogens is 328 g/mol. The number of carbonyl (C=O) groups excluding carboxylic acids is 2. The van der Waals surface area contributed by atoms with E-state index in [1.807, 2.05) is 43.3 Å². The fourth-order valence-corrected chi connectivity index (χ4v) is 2.46. The molecular formula is C21H24N2O3. The first-order valence-corrected chi connectivity index (χ1v) is 8.49. The summed E-state index contributed by atoms with van der Waals surface area (Å²) in [6, 6.07) is 14.8. The van der Waals surface area contributed by atoms with Gasteiger partial charge in [0.2, 0.25) is 5.91 Å². The second kappa shape index (κ2) is 9.42. The van der Waals surface area contributed by atoms with Gasteiger partial charge in [0.05, 0.1) is 7.11 Å². The van der Waals surface area contributed by atoms with Crippen LogP contribution < -0.4 is 10.1 Å². The zero-order valence-electron chi connectivity index (χ0n) is 15.4. The number of amides is 2. The number of methoxy groups -OCH3 is 1. The number of carbonyl (C=O) groups is 2. The van der Waals surface area contributed by atoms with E-state index in [9.17, 15) is 9.59 Å². The fraction of sp³-hybridized carbons (Fsp3) is 0.238. The number of nitrogens with one attached hydrogen (secondary N) is 1. The van der Waals surface area contributed by atoms with E-state index in [2.05, 4.69) is 5.32 Å². The van der Waals surface area contributed by atoms with Gasteiger partial charge in [0.1, 0.15) is 5.75 Å². The van der Waals surface area contributed by atoms with Crippen LogP contribution in [0.1, 0.15) is 28.4 Å². The van der Waals surface area contributed by atoms with Gasteiger partial charge in [-0.25, -0.2) is 0 Å². The van der Waals surface area contributed by atoms with E-state index in [0.29, 0.717) is 18.7 Å². The van der Waals surface area contributed by atoms with Crippen molar-refractivity contribution in [2.75, 3.05) is 20.7 Å². The molecule has 0 radical (unpaired) electrons. The number of hydrogen-bond donors (Lipinski definition) is 1. The summed E-state index contributed by atoms with van der Waals surface area (Å²) in [6.45, 7) is 3.11. The highest BCUT2D eigenvalue weighted by Crippen LogP contribution is 2.13. The molecule has 26 heavy (non-hydrogen) atoms. The lowest BCUT2D eigenvalue weighted by Gasteiger charge is -2.19. The summed E-state index contributed by atoms with van der Waals surface area (Å²) in [5.74, 6) is 0.607. The molecule has 2 amide bonds. The number of hydrogen-bond acceptors (Lipinski definition) is 3. The molecule has 0 saturated heterocycles. The highest BCUT2D eigenvalue weighted by molar-refractivity contribution is 5.94. The van der Waals surface area contributed by atoms with E-state index in [-0.39, 0.29) is 11.8 Å². The van der Waals surface area contributed by atoms with E-state index in [0.717, 1.165) is 16.9 Å². The van der Waals surface area contributed by atoms with Crippen molar-refractivity contribution in [2.24, 2.45) is 0 Å². The minimum absolute atomic E-state index is 0.0568. The maximum absolute atomic E-state index is 12.4. The van der Waals surface area contributed by atoms with Gasteiger partial charge >= 0.3 is 0 Å². The summed E-state index contributed by atoms with van der Waals surface area (Å²) < 4.78 is 5.15. The Kier molecular flexibility index (Phi) is 6.97. The van der Waals surface area contributed by atoms with Gasteiger partial charge in [-0.05, 0) is 48.4 Å². The quantitative estimate of drug-likeness (QED) is 0.779. The van der Waals surface area contributed by atoms with Crippen LogP contribution in [0.4, 0.5) is 0 Å². The fourth-order valence-electron chi connectivity index (χ4n) is 2.46. The van der Waals surface area contributed by atoms with Gasteiger partial charge < -0.3 is 15.0 Å². The molecule has 0 aliphatic heterocycles. The summed E-state index contributed by atoms with van der Waals surface area (Å²) in [5, 5.41) is 2.58. The van der Waals surface area contributed by atoms with Crippen molar-refractivity contribution in [3.05, 3.63) is 71.3 Å². The zero-order valence-corrected chi connectivity index (χ0v) is 15.4. The summed E-state index contributed by atoms with van der Waals surface area (Å²) in [4.78, 5) is 25.7. The molecule has 0 bridgehead atoms. The summed E-state index contributed by atoms with van der Waals surface area (Å²) >= 11 is 0. The third-order valence-electron chi connectivity index (χ3n) is 4.04. The Morgan fingerprint density at radius 3 is 2.27 bits per heavy atom. The van der Waals surface area contributed by atoms with Crippen LogP contribution in [0.25, 0.3) is 6.08 Å².